The Kier molecular flexibility index (Phi) is 13.2. The van der Waals surface area contributed by atoms with Gasteiger partial charge in [-0.2, -0.15) is 0 Å². The predicted octanol–water partition coefficient (Wildman–Crippen LogP) is 7.28. The Hall–Kier alpha value is -5.70. The summed E-state index contributed by atoms with van der Waals surface area (Å²) in [5.74, 6) is -1.59. The van der Waals surface area contributed by atoms with Crippen LogP contribution in [-0.4, -0.2) is 64.5 Å². The van der Waals surface area contributed by atoms with E-state index < -0.39 is 5.92 Å². The number of carbonyl (C=O) groups is 4. The summed E-state index contributed by atoms with van der Waals surface area (Å²) in [5.41, 5.74) is 8.16. The Balaban J connectivity index is 0.00000514. The summed E-state index contributed by atoms with van der Waals surface area (Å²) in [6.07, 6.45) is 5.38. The molecule has 0 aliphatic carbocycles. The summed E-state index contributed by atoms with van der Waals surface area (Å²) < 4.78 is 0. The lowest BCUT2D eigenvalue weighted by molar-refractivity contribution is -0.136. The van der Waals surface area contributed by atoms with Crippen molar-refractivity contribution in [2.24, 2.45) is 11.8 Å². The Morgan fingerprint density at radius 3 is 1.60 bits per heavy atom. The second-order valence-electron chi connectivity index (χ2n) is 14.1. The number of carbonyl (C=O) groups excluding carboxylic acids is 4. The number of aromatic nitrogens is 1. The SMILES string of the molecule is Cl.O=C(C/C(=C\c1cccnc1)C(=O)N1CCC(=O)C(C(c2ccccc2)c2ccccc2)C1)NN1CCC(=O)C(C(c2ccccc2)c2ccccc2)C1. The second-order valence-corrected chi connectivity index (χ2v) is 14.1. The van der Waals surface area contributed by atoms with E-state index in [1.807, 2.05) is 132 Å². The number of rotatable bonds is 11. The van der Waals surface area contributed by atoms with Gasteiger partial charge in [-0.3, -0.25) is 29.6 Å². The first-order valence-corrected chi connectivity index (χ1v) is 18.6. The first-order chi connectivity index (χ1) is 26.4. The normalized spacial score (nSPS) is 17.9. The van der Waals surface area contributed by atoms with Gasteiger partial charge in [0.15, 0.2) is 0 Å². The van der Waals surface area contributed by atoms with Crippen LogP contribution in [0.5, 0.6) is 0 Å². The molecule has 5 aromatic rings. The predicted molar refractivity (Wildman–Crippen MR) is 216 cm³/mol. The minimum Gasteiger partial charge on any atom is -0.338 e. The average Bonchev–Trinajstić information content (AvgIpc) is 3.21. The lowest BCUT2D eigenvalue weighted by atomic mass is 9.76. The molecular formula is C46H45ClN4O4. The van der Waals surface area contributed by atoms with Crippen LogP contribution in [0.4, 0.5) is 0 Å². The van der Waals surface area contributed by atoms with Crippen molar-refractivity contribution in [2.45, 2.75) is 31.1 Å². The van der Waals surface area contributed by atoms with Gasteiger partial charge in [0.2, 0.25) is 11.8 Å². The maximum absolute atomic E-state index is 14.5. The molecule has 2 aliphatic rings. The van der Waals surface area contributed by atoms with Crippen LogP contribution >= 0.6 is 12.4 Å². The monoisotopic (exact) mass is 752 g/mol. The van der Waals surface area contributed by atoms with Crippen molar-refractivity contribution in [1.29, 1.82) is 0 Å². The van der Waals surface area contributed by atoms with Gasteiger partial charge in [0, 0.05) is 80.7 Å². The second kappa shape index (κ2) is 18.6. The van der Waals surface area contributed by atoms with Crippen molar-refractivity contribution in [2.75, 3.05) is 26.2 Å². The van der Waals surface area contributed by atoms with Crippen molar-refractivity contribution < 1.29 is 19.2 Å². The molecule has 7 rings (SSSR count). The summed E-state index contributed by atoms with van der Waals surface area (Å²) in [4.78, 5) is 61.4. The number of hydrogen-bond acceptors (Lipinski definition) is 6. The fourth-order valence-corrected chi connectivity index (χ4v) is 7.99. The van der Waals surface area contributed by atoms with E-state index in [2.05, 4.69) is 10.4 Å². The van der Waals surface area contributed by atoms with Crippen LogP contribution in [-0.2, 0) is 19.2 Å². The quantitative estimate of drug-likeness (QED) is 0.143. The standard InChI is InChI=1S/C46H44N4O4.ClH/c51-41-23-26-49(31-39(41)44(34-15-5-1-6-16-34)35-17-7-2-8-18-35)46(54)38(28-33-14-13-25-47-30-33)29-43(53)48-50-27-24-42(52)40(32-50)45(36-19-9-3-10-20-36)37-21-11-4-12-22-37;/h1-22,25,28,30,39-40,44-45H,23-24,26-27,29,31-32H2,(H,48,53);1H/b38-28+;. The molecule has 0 bridgehead atoms. The molecule has 55 heavy (non-hydrogen) atoms. The summed E-state index contributed by atoms with van der Waals surface area (Å²) in [5, 5.41) is 1.82. The molecule has 2 amide bonds. The Morgan fingerprint density at radius 2 is 1.13 bits per heavy atom. The van der Waals surface area contributed by atoms with Crippen LogP contribution in [0, 0.1) is 11.8 Å². The maximum Gasteiger partial charge on any atom is 0.250 e. The number of halogens is 1. The Morgan fingerprint density at radius 1 is 0.655 bits per heavy atom. The molecule has 2 atom stereocenters. The third kappa shape index (κ3) is 9.52. The molecular weight excluding hydrogens is 708 g/mol. The topological polar surface area (TPSA) is 99.7 Å². The number of benzene rings is 4. The first-order valence-electron chi connectivity index (χ1n) is 18.6. The highest BCUT2D eigenvalue weighted by Gasteiger charge is 2.39. The number of ketones is 2. The summed E-state index contributed by atoms with van der Waals surface area (Å²) in [7, 11) is 0. The molecule has 2 aliphatic heterocycles. The molecule has 0 spiro atoms. The first kappa shape index (κ1) is 39.0. The minimum absolute atomic E-state index is 0. The van der Waals surface area contributed by atoms with Crippen molar-refractivity contribution in [3.63, 3.8) is 0 Å². The van der Waals surface area contributed by atoms with Crippen molar-refractivity contribution in [3.8, 4) is 0 Å². The van der Waals surface area contributed by atoms with Crippen LogP contribution in [0.3, 0.4) is 0 Å². The van der Waals surface area contributed by atoms with Crippen LogP contribution in [0.25, 0.3) is 6.08 Å². The lowest BCUT2D eigenvalue weighted by Crippen LogP contribution is -2.52. The zero-order valence-electron chi connectivity index (χ0n) is 30.6. The van der Waals surface area contributed by atoms with Gasteiger partial charge in [-0.15, -0.1) is 12.4 Å². The van der Waals surface area contributed by atoms with Gasteiger partial charge in [0.25, 0.3) is 0 Å². The molecule has 4 aromatic carbocycles. The van der Waals surface area contributed by atoms with Gasteiger partial charge >= 0.3 is 0 Å². The highest BCUT2D eigenvalue weighted by atomic mass is 35.5. The average molecular weight is 753 g/mol. The van der Waals surface area contributed by atoms with Gasteiger partial charge in [-0.05, 0) is 40.0 Å². The number of amides is 2. The van der Waals surface area contributed by atoms with E-state index in [1.165, 1.54) is 0 Å². The summed E-state index contributed by atoms with van der Waals surface area (Å²) in [6.45, 7) is 1.22. The molecule has 8 nitrogen and oxygen atoms in total. The third-order valence-corrected chi connectivity index (χ3v) is 10.6. The Bertz CT molecular complexity index is 2000. The third-order valence-electron chi connectivity index (χ3n) is 10.6. The van der Waals surface area contributed by atoms with Gasteiger partial charge in [0.1, 0.15) is 11.6 Å². The summed E-state index contributed by atoms with van der Waals surface area (Å²) >= 11 is 0. The van der Waals surface area contributed by atoms with E-state index in [4.69, 9.17) is 0 Å². The number of nitrogens with one attached hydrogen (secondary N) is 1. The molecule has 0 radical (unpaired) electrons. The molecule has 0 saturated carbocycles. The van der Waals surface area contributed by atoms with Crippen LogP contribution < -0.4 is 5.43 Å². The fraction of sp³-hybridized carbons (Fsp3) is 0.239. The highest BCUT2D eigenvalue weighted by Crippen LogP contribution is 2.37. The van der Waals surface area contributed by atoms with Crippen LogP contribution in [0.1, 0.15) is 58.9 Å². The van der Waals surface area contributed by atoms with Crippen molar-refractivity contribution in [3.05, 3.63) is 179 Å². The molecule has 280 valence electrons. The van der Waals surface area contributed by atoms with Gasteiger partial charge in [-0.25, -0.2) is 5.01 Å². The molecule has 1 aromatic heterocycles. The maximum atomic E-state index is 14.5. The van der Waals surface area contributed by atoms with E-state index in [9.17, 15) is 19.2 Å². The number of hydrogen-bond donors (Lipinski definition) is 1. The number of likely N-dealkylation sites (tertiary alicyclic amines) is 1. The van der Waals surface area contributed by atoms with E-state index in [-0.39, 0.29) is 79.5 Å². The van der Waals surface area contributed by atoms with E-state index in [0.29, 0.717) is 30.6 Å². The van der Waals surface area contributed by atoms with E-state index in [0.717, 1.165) is 22.3 Å². The smallest absolute Gasteiger partial charge is 0.250 e. The molecule has 2 unspecified atom stereocenters. The number of nitrogens with zero attached hydrogens (tertiary/aromatic N) is 3. The number of Topliss-reactive ketones (excluding diaryl/α,β-unsaturated/α-hetero) is 2. The molecule has 3 heterocycles. The fourth-order valence-electron chi connectivity index (χ4n) is 7.99. The van der Waals surface area contributed by atoms with Crippen LogP contribution in [0.15, 0.2) is 151 Å². The summed E-state index contributed by atoms with van der Waals surface area (Å²) in [6, 6.07) is 43.6. The van der Waals surface area contributed by atoms with E-state index in [1.54, 1.807) is 29.4 Å². The van der Waals surface area contributed by atoms with Crippen LogP contribution in [0.2, 0.25) is 0 Å². The minimum atomic E-state index is -0.453. The zero-order valence-corrected chi connectivity index (χ0v) is 31.4. The number of piperidine rings is 2. The lowest BCUT2D eigenvalue weighted by Gasteiger charge is -2.37. The largest absolute Gasteiger partial charge is 0.338 e. The molecule has 2 saturated heterocycles. The molecule has 1 N–H and O–H groups in total. The molecule has 2 fully saturated rings. The van der Waals surface area contributed by atoms with Gasteiger partial charge < -0.3 is 4.90 Å². The van der Waals surface area contributed by atoms with Gasteiger partial charge in [0.05, 0.1) is 6.42 Å². The Labute approximate surface area is 328 Å². The van der Waals surface area contributed by atoms with Crippen molar-refractivity contribution >= 4 is 41.9 Å². The molecule has 9 heteroatoms. The zero-order chi connectivity index (χ0) is 37.3. The number of hydrazine groups is 1. The number of pyridine rings is 1. The highest BCUT2D eigenvalue weighted by molar-refractivity contribution is 6.03. The van der Waals surface area contributed by atoms with Crippen molar-refractivity contribution in [1.82, 2.24) is 20.3 Å². The van der Waals surface area contributed by atoms with E-state index >= 15 is 0 Å². The van der Waals surface area contributed by atoms with Gasteiger partial charge in [-0.1, -0.05) is 127 Å².